The van der Waals surface area contributed by atoms with Crippen LogP contribution < -0.4 is 0 Å². The summed E-state index contributed by atoms with van der Waals surface area (Å²) in [5.41, 5.74) is 3.78. The zero-order valence-electron chi connectivity index (χ0n) is 18.2. The maximum atomic E-state index is 10.8. The Morgan fingerprint density at radius 3 is 1.21 bits per heavy atom. The van der Waals surface area contributed by atoms with Crippen LogP contribution in [0.3, 0.4) is 0 Å². The number of benzene rings is 2. The van der Waals surface area contributed by atoms with Gasteiger partial charge in [0.05, 0.1) is 9.79 Å². The molecule has 0 saturated heterocycles. The van der Waals surface area contributed by atoms with E-state index in [9.17, 15) is 10.2 Å². The van der Waals surface area contributed by atoms with Crippen molar-refractivity contribution in [2.45, 2.75) is 76.0 Å². The first-order valence-electron chi connectivity index (χ1n) is 8.83. The molecule has 0 bridgehead atoms. The molecule has 29 heavy (non-hydrogen) atoms. The van der Waals surface area contributed by atoms with E-state index in [-0.39, 0.29) is 35.6 Å². The van der Waals surface area contributed by atoms with E-state index in [2.05, 4.69) is 41.5 Å². The minimum atomic E-state index is -0.142. The number of aryl methyl sites for hydroxylation is 2. The Balaban J connectivity index is 0. The van der Waals surface area contributed by atoms with Crippen molar-refractivity contribution in [2.24, 2.45) is 0 Å². The number of hydrogen-bond acceptors (Lipinski definition) is 4. The van der Waals surface area contributed by atoms with Crippen LogP contribution in [-0.2, 0) is 34.0 Å². The van der Waals surface area contributed by atoms with Gasteiger partial charge in [0.2, 0.25) is 0 Å². The molecule has 0 heterocycles. The van der Waals surface area contributed by atoms with Crippen molar-refractivity contribution in [3.05, 3.63) is 46.5 Å². The normalized spacial score (nSPS) is 10.9. The van der Waals surface area contributed by atoms with Crippen LogP contribution in [0.2, 0.25) is 0 Å². The van der Waals surface area contributed by atoms with E-state index in [1.54, 1.807) is 0 Å². The second kappa shape index (κ2) is 11.7. The molecule has 0 spiro atoms. The van der Waals surface area contributed by atoms with Gasteiger partial charge in [-0.3, -0.25) is 0 Å². The van der Waals surface area contributed by atoms with Crippen molar-refractivity contribution in [2.75, 3.05) is 0 Å². The molecule has 164 valence electrons. The summed E-state index contributed by atoms with van der Waals surface area (Å²) in [6, 6.07) is 8.04. The van der Waals surface area contributed by atoms with Crippen molar-refractivity contribution in [1.29, 1.82) is 0 Å². The molecule has 0 radical (unpaired) electrons. The van der Waals surface area contributed by atoms with Crippen LogP contribution in [0.1, 0.15) is 63.8 Å². The summed E-state index contributed by atoms with van der Waals surface area (Å²) in [7, 11) is 0. The molecule has 0 fully saturated rings. The van der Waals surface area contributed by atoms with Gasteiger partial charge in [-0.15, -0.1) is 24.8 Å². The molecule has 2 aromatic rings. The molecule has 2 aromatic carbocycles. The second-order valence-electron chi connectivity index (χ2n) is 8.92. The Hall–Kier alpha value is -0.542. The quantitative estimate of drug-likeness (QED) is 0.369. The summed E-state index contributed by atoms with van der Waals surface area (Å²) in [5, 5.41) is 21.6. The fraction of sp³-hybridized carbons (Fsp3) is 0.455. The summed E-state index contributed by atoms with van der Waals surface area (Å²) in [5.74, 6) is 0.614. The van der Waals surface area contributed by atoms with E-state index in [0.717, 1.165) is 32.0 Å². The molecular formula is C22H32Cl2O3SW. The fourth-order valence-electron chi connectivity index (χ4n) is 2.91. The monoisotopic (exact) mass is 630 g/mol. The minimum absolute atomic E-state index is 0. The Labute approximate surface area is 203 Å². The van der Waals surface area contributed by atoms with Gasteiger partial charge in [0, 0.05) is 11.1 Å². The molecular weight excluding hydrogens is 599 g/mol. The molecule has 0 aliphatic heterocycles. The van der Waals surface area contributed by atoms with Gasteiger partial charge in [0.1, 0.15) is 11.5 Å². The summed E-state index contributed by atoms with van der Waals surface area (Å²) < 4.78 is 8.33. The number of aromatic hydroxyl groups is 2. The van der Waals surface area contributed by atoms with Crippen molar-refractivity contribution < 1.29 is 33.4 Å². The van der Waals surface area contributed by atoms with Crippen LogP contribution in [0.25, 0.3) is 0 Å². The average molecular weight is 631 g/mol. The summed E-state index contributed by atoms with van der Waals surface area (Å²) in [6.45, 7) is 16.6. The Bertz CT molecular complexity index is 761. The number of rotatable bonds is 2. The van der Waals surface area contributed by atoms with E-state index in [0.29, 0.717) is 31.3 Å². The first-order chi connectivity index (χ1) is 12.3. The zero-order valence-corrected chi connectivity index (χ0v) is 23.6. The van der Waals surface area contributed by atoms with E-state index in [4.69, 9.17) is 3.40 Å². The molecule has 2 N–H and O–H groups in total. The van der Waals surface area contributed by atoms with Gasteiger partial charge in [0.15, 0.2) is 0 Å². The summed E-state index contributed by atoms with van der Waals surface area (Å²) >= 11 is 1.76. The Morgan fingerprint density at radius 2 is 0.966 bits per heavy atom. The molecule has 7 heteroatoms. The van der Waals surface area contributed by atoms with Gasteiger partial charge in [-0.25, -0.2) is 0 Å². The third-order valence-corrected chi connectivity index (χ3v) is 5.34. The van der Waals surface area contributed by atoms with Crippen molar-refractivity contribution in [3.8, 4) is 11.5 Å². The molecule has 0 saturated carbocycles. The maximum absolute atomic E-state index is 10.8. The van der Waals surface area contributed by atoms with Crippen molar-refractivity contribution >= 4 is 36.6 Å². The van der Waals surface area contributed by atoms with E-state index < -0.39 is 0 Å². The van der Waals surface area contributed by atoms with Crippen LogP contribution >= 0.6 is 36.6 Å². The van der Waals surface area contributed by atoms with E-state index in [1.165, 1.54) is 11.8 Å². The van der Waals surface area contributed by atoms with Crippen molar-refractivity contribution in [3.63, 3.8) is 0 Å². The second-order valence-corrected chi connectivity index (χ2v) is 10.0. The first kappa shape index (κ1) is 30.7. The van der Waals surface area contributed by atoms with Gasteiger partial charge in [-0.05, 0) is 47.9 Å². The van der Waals surface area contributed by atoms with Crippen LogP contribution in [0, 0.1) is 13.8 Å². The predicted octanol–water partition coefficient (Wildman–Crippen LogP) is 7.18. The van der Waals surface area contributed by atoms with Gasteiger partial charge < -0.3 is 10.2 Å². The van der Waals surface area contributed by atoms with Crippen LogP contribution in [-0.4, -0.2) is 10.2 Å². The van der Waals surface area contributed by atoms with Gasteiger partial charge in [0.25, 0.3) is 0 Å². The summed E-state index contributed by atoms with van der Waals surface area (Å²) in [6.07, 6.45) is 0. The summed E-state index contributed by atoms with van der Waals surface area (Å²) in [4.78, 5) is 1.57. The first-order valence-corrected chi connectivity index (χ1v) is 10.8. The fourth-order valence-corrected chi connectivity index (χ4v) is 4.05. The van der Waals surface area contributed by atoms with Gasteiger partial charge in [-0.2, -0.15) is 0 Å². The molecule has 3 nitrogen and oxygen atoms in total. The number of halogens is 2. The van der Waals surface area contributed by atoms with Crippen LogP contribution in [0.4, 0.5) is 0 Å². The molecule has 0 aliphatic carbocycles. The molecule has 0 aliphatic rings. The number of hydrogen-bond donors (Lipinski definition) is 2. The molecule has 0 atom stereocenters. The molecule has 2 rings (SSSR count). The number of phenols is 2. The topological polar surface area (TPSA) is 57.5 Å². The number of phenolic OH excluding ortho intramolecular Hbond substituents is 2. The van der Waals surface area contributed by atoms with E-state index in [1.807, 2.05) is 38.1 Å². The van der Waals surface area contributed by atoms with E-state index >= 15 is 0 Å². The van der Waals surface area contributed by atoms with Gasteiger partial charge in [-0.1, -0.05) is 65.4 Å². The Kier molecular flexibility index (Phi) is 12.4. The molecule has 0 aromatic heterocycles. The average Bonchev–Trinajstić information content (AvgIpc) is 2.53. The van der Waals surface area contributed by atoms with Gasteiger partial charge >= 0.3 is 23.2 Å². The molecule has 0 unspecified atom stereocenters. The van der Waals surface area contributed by atoms with Crippen molar-refractivity contribution in [1.82, 2.24) is 0 Å². The SMILES string of the molecule is Cc1cc(Sc2cc(C)cc(C(C)(C)C)c2O)c(O)c(C(C)(C)C)c1.Cl.Cl.[O]=[W]. The zero-order chi connectivity index (χ0) is 21.2. The third-order valence-electron chi connectivity index (χ3n) is 4.27. The standard InChI is InChI=1S/C22H30O2S.2ClH.O.W/c1-13-9-15(21(3,4)5)19(23)17(11-13)25-18-12-14(2)10-16(20(18)24)22(6,7)8;;;;/h9-12,23-24H,1-8H3;2*1H;;. The Morgan fingerprint density at radius 1 is 0.690 bits per heavy atom. The molecule has 0 amide bonds. The van der Waals surface area contributed by atoms with Crippen LogP contribution in [0.15, 0.2) is 34.1 Å². The predicted molar refractivity (Wildman–Crippen MR) is 122 cm³/mol. The third kappa shape index (κ3) is 7.90. The van der Waals surface area contributed by atoms with Crippen LogP contribution in [0.5, 0.6) is 11.5 Å².